The molecule has 4 heteroatoms. The highest BCUT2D eigenvalue weighted by atomic mass is 15.1. The molecule has 0 radical (unpaired) electrons. The summed E-state index contributed by atoms with van der Waals surface area (Å²) in [4.78, 5) is 15.4. The van der Waals surface area contributed by atoms with E-state index in [1.807, 2.05) is 6.07 Å². The fourth-order valence-electron chi connectivity index (χ4n) is 7.15. The third-order valence-electron chi connectivity index (χ3n) is 9.36. The minimum atomic E-state index is 0.702. The fraction of sp³-hybridized carbons (Fsp3) is 0. The molecule has 1 aliphatic heterocycles. The minimum absolute atomic E-state index is 0.702. The molecule has 2 aromatic heterocycles. The van der Waals surface area contributed by atoms with Gasteiger partial charge in [0.05, 0.1) is 27.9 Å². The maximum absolute atomic E-state index is 5.22. The van der Waals surface area contributed by atoms with Crippen molar-refractivity contribution in [2.45, 2.75) is 0 Å². The molecule has 0 saturated heterocycles. The molecule has 0 N–H and O–H groups in total. The van der Waals surface area contributed by atoms with E-state index in [4.69, 9.17) is 15.0 Å². The molecule has 0 fully saturated rings. The summed E-state index contributed by atoms with van der Waals surface area (Å²) in [5.74, 6) is 1.61. The average molecular weight is 599 g/mol. The van der Waals surface area contributed by atoms with Crippen molar-refractivity contribution in [3.8, 4) is 62.0 Å². The summed E-state index contributed by atoms with van der Waals surface area (Å²) >= 11 is 0. The molecule has 0 spiro atoms. The number of hydrogen-bond acceptors (Lipinski definition) is 3. The van der Waals surface area contributed by atoms with Crippen LogP contribution in [0.5, 0.6) is 0 Å². The van der Waals surface area contributed by atoms with Gasteiger partial charge in [-0.2, -0.15) is 0 Å². The van der Waals surface area contributed by atoms with Gasteiger partial charge >= 0.3 is 0 Å². The largest absolute Gasteiger partial charge is 0.291 e. The minimum Gasteiger partial charge on any atom is -0.291 e. The van der Waals surface area contributed by atoms with Gasteiger partial charge in [0.1, 0.15) is 5.82 Å². The van der Waals surface area contributed by atoms with Crippen LogP contribution >= 0.6 is 0 Å². The van der Waals surface area contributed by atoms with Crippen LogP contribution in [0.2, 0.25) is 0 Å². The van der Waals surface area contributed by atoms with Crippen molar-refractivity contribution in [1.29, 1.82) is 0 Å². The Morgan fingerprint density at radius 1 is 0.404 bits per heavy atom. The van der Waals surface area contributed by atoms with E-state index in [9.17, 15) is 0 Å². The van der Waals surface area contributed by atoms with Gasteiger partial charge in [-0.3, -0.25) is 4.57 Å². The number of fused-ring (bicyclic) bond motifs is 7. The van der Waals surface area contributed by atoms with Crippen molar-refractivity contribution in [2.24, 2.45) is 0 Å². The van der Waals surface area contributed by atoms with Crippen LogP contribution in [0, 0.1) is 0 Å². The van der Waals surface area contributed by atoms with Crippen LogP contribution in [0.1, 0.15) is 0 Å². The van der Waals surface area contributed by atoms with Gasteiger partial charge in [0, 0.05) is 33.2 Å². The molecule has 4 nitrogen and oxygen atoms in total. The number of hydrogen-bond donors (Lipinski definition) is 0. The Balaban J connectivity index is 1.13. The van der Waals surface area contributed by atoms with Crippen molar-refractivity contribution < 1.29 is 0 Å². The number of nitrogens with zero attached hydrogens (tertiary/aromatic N) is 4. The first kappa shape index (κ1) is 25.9. The van der Waals surface area contributed by atoms with Crippen LogP contribution in [-0.2, 0) is 0 Å². The van der Waals surface area contributed by atoms with Crippen molar-refractivity contribution in [1.82, 2.24) is 19.5 Å². The summed E-state index contributed by atoms with van der Waals surface area (Å²) in [6.07, 6.45) is 0. The predicted octanol–water partition coefficient (Wildman–Crippen LogP) is 10.8. The van der Waals surface area contributed by atoms with Crippen molar-refractivity contribution in [3.05, 3.63) is 158 Å². The van der Waals surface area contributed by atoms with Crippen molar-refractivity contribution in [2.75, 3.05) is 0 Å². The summed E-state index contributed by atoms with van der Waals surface area (Å²) in [7, 11) is 0. The molecule has 0 aliphatic carbocycles. The third kappa shape index (κ3) is 3.98. The lowest BCUT2D eigenvalue weighted by atomic mass is 9.94. The lowest BCUT2D eigenvalue weighted by Gasteiger charge is -2.13. The van der Waals surface area contributed by atoms with E-state index < -0.39 is 0 Å². The summed E-state index contributed by atoms with van der Waals surface area (Å²) in [6.45, 7) is 0. The zero-order chi connectivity index (χ0) is 30.9. The number of para-hydroxylation sites is 3. The Morgan fingerprint density at radius 3 is 1.91 bits per heavy atom. The molecule has 0 amide bonds. The highest BCUT2D eigenvalue weighted by Gasteiger charge is 2.25. The number of imidazole rings is 1. The molecule has 9 aromatic rings. The second kappa shape index (κ2) is 10.1. The Hall–Kier alpha value is -6.39. The second-order valence-corrected chi connectivity index (χ2v) is 12.1. The van der Waals surface area contributed by atoms with Crippen LogP contribution in [-0.4, -0.2) is 19.5 Å². The molecule has 0 saturated carbocycles. The lowest BCUT2D eigenvalue weighted by molar-refractivity contribution is 1.11. The first-order chi connectivity index (χ1) is 23.3. The quantitative estimate of drug-likeness (QED) is 0.203. The Labute approximate surface area is 271 Å². The molecule has 1 aliphatic rings. The predicted molar refractivity (Wildman–Crippen MR) is 192 cm³/mol. The lowest BCUT2D eigenvalue weighted by Crippen LogP contribution is -1.99. The van der Waals surface area contributed by atoms with Crippen molar-refractivity contribution in [3.63, 3.8) is 0 Å². The Kier molecular flexibility index (Phi) is 5.54. The highest BCUT2D eigenvalue weighted by Crippen LogP contribution is 2.45. The maximum Gasteiger partial charge on any atom is 0.160 e. The highest BCUT2D eigenvalue weighted by molar-refractivity contribution is 6.04. The molecule has 0 bridgehead atoms. The first-order valence-corrected chi connectivity index (χ1v) is 15.9. The molecule has 10 rings (SSSR count). The van der Waals surface area contributed by atoms with E-state index in [-0.39, 0.29) is 0 Å². The van der Waals surface area contributed by atoms with Gasteiger partial charge in [0.25, 0.3) is 0 Å². The Bertz CT molecular complexity index is 2680. The van der Waals surface area contributed by atoms with E-state index >= 15 is 0 Å². The van der Waals surface area contributed by atoms with E-state index in [0.29, 0.717) is 5.82 Å². The van der Waals surface area contributed by atoms with Crippen LogP contribution in [0.3, 0.4) is 0 Å². The first-order valence-electron chi connectivity index (χ1n) is 15.9. The van der Waals surface area contributed by atoms with Gasteiger partial charge in [0.15, 0.2) is 5.82 Å². The monoisotopic (exact) mass is 598 g/mol. The zero-order valence-corrected chi connectivity index (χ0v) is 25.3. The van der Waals surface area contributed by atoms with E-state index in [1.165, 1.54) is 33.0 Å². The summed E-state index contributed by atoms with van der Waals surface area (Å²) < 4.78 is 2.33. The second-order valence-electron chi connectivity index (χ2n) is 12.1. The molecule has 0 unspecified atom stereocenters. The van der Waals surface area contributed by atoms with Gasteiger partial charge < -0.3 is 0 Å². The molecule has 47 heavy (non-hydrogen) atoms. The Morgan fingerprint density at radius 2 is 1.04 bits per heavy atom. The van der Waals surface area contributed by atoms with E-state index in [1.54, 1.807) is 0 Å². The van der Waals surface area contributed by atoms with Crippen molar-refractivity contribution >= 4 is 32.7 Å². The molecule has 0 atom stereocenters. The zero-order valence-electron chi connectivity index (χ0n) is 25.3. The molecule has 218 valence electrons. The van der Waals surface area contributed by atoms with Gasteiger partial charge in [-0.05, 0) is 46.2 Å². The third-order valence-corrected chi connectivity index (χ3v) is 9.36. The normalized spacial score (nSPS) is 11.8. The van der Waals surface area contributed by atoms with E-state index in [2.05, 4.69) is 156 Å². The van der Waals surface area contributed by atoms with Crippen LogP contribution in [0.25, 0.3) is 94.7 Å². The summed E-state index contributed by atoms with van der Waals surface area (Å²) in [5.41, 5.74) is 13.0. The summed E-state index contributed by atoms with van der Waals surface area (Å²) in [6, 6.07) is 55.5. The average Bonchev–Trinajstić information content (AvgIpc) is 3.48. The number of aromatic nitrogens is 4. The SMILES string of the molecule is c1ccc2c(c1)-c1ccccc1-n1c(-c3ccc(-c4nc(-c5ccc6ccccc6c5)c5ccccc5n4)cc3)nc3cccc-2c31. The standard InChI is InChI=1S/C43H26N4/c1-2-11-30-26-31(25-20-27(30)10-1)40-36-15-5-7-17-37(36)44-42(46-40)28-21-23-29(24-22-28)43-45-38-18-9-16-35-33-13-4-3-12-32(33)34-14-6-8-19-39(34)47(43)41(35)38/h1-26H. The molecule has 7 aromatic carbocycles. The smallest absolute Gasteiger partial charge is 0.160 e. The van der Waals surface area contributed by atoms with Gasteiger partial charge in [-0.1, -0.05) is 133 Å². The van der Waals surface area contributed by atoms with Gasteiger partial charge in [-0.15, -0.1) is 0 Å². The number of benzene rings is 7. The topological polar surface area (TPSA) is 43.6 Å². The van der Waals surface area contributed by atoms with Gasteiger partial charge in [-0.25, -0.2) is 15.0 Å². The summed E-state index contributed by atoms with van der Waals surface area (Å²) in [5, 5.41) is 3.45. The van der Waals surface area contributed by atoms with Gasteiger partial charge in [0.2, 0.25) is 0 Å². The van der Waals surface area contributed by atoms with Crippen LogP contribution < -0.4 is 0 Å². The molecule has 3 heterocycles. The molecular weight excluding hydrogens is 573 g/mol. The maximum atomic E-state index is 5.22. The van der Waals surface area contributed by atoms with Crippen LogP contribution in [0.4, 0.5) is 0 Å². The number of rotatable bonds is 3. The van der Waals surface area contributed by atoms with Crippen LogP contribution in [0.15, 0.2) is 158 Å². The van der Waals surface area contributed by atoms with E-state index in [0.717, 1.165) is 55.8 Å². The molecular formula is C43H26N4. The fourth-order valence-corrected chi connectivity index (χ4v) is 7.15.